The van der Waals surface area contributed by atoms with Gasteiger partial charge in [-0.25, -0.2) is 4.39 Å². The summed E-state index contributed by atoms with van der Waals surface area (Å²) in [6, 6.07) is 9.83. The number of nitrogens with zero attached hydrogens (tertiary/aromatic N) is 1. The average Bonchev–Trinajstić information content (AvgIpc) is 3.30. The number of furan rings is 1. The van der Waals surface area contributed by atoms with Gasteiger partial charge in [0.1, 0.15) is 11.6 Å². The second kappa shape index (κ2) is 8.78. The molecular weight excluding hydrogens is 323 g/mol. The first-order chi connectivity index (χ1) is 12.2. The van der Waals surface area contributed by atoms with Gasteiger partial charge in [-0.3, -0.25) is 4.79 Å². The minimum Gasteiger partial charge on any atom is -0.467 e. The van der Waals surface area contributed by atoms with Crippen molar-refractivity contribution in [2.75, 3.05) is 19.7 Å². The summed E-state index contributed by atoms with van der Waals surface area (Å²) >= 11 is 0. The van der Waals surface area contributed by atoms with Crippen LogP contribution in [0.1, 0.15) is 24.2 Å². The molecule has 6 heteroatoms. The molecule has 1 aliphatic heterocycles. The first kappa shape index (κ1) is 17.6. The summed E-state index contributed by atoms with van der Waals surface area (Å²) in [5.74, 6) is 0.402. The van der Waals surface area contributed by atoms with Crippen LogP contribution in [-0.2, 0) is 22.6 Å². The van der Waals surface area contributed by atoms with Gasteiger partial charge in [0.2, 0.25) is 5.91 Å². The van der Waals surface area contributed by atoms with Gasteiger partial charge in [0.25, 0.3) is 0 Å². The molecule has 1 fully saturated rings. The van der Waals surface area contributed by atoms with Gasteiger partial charge < -0.3 is 19.4 Å². The van der Waals surface area contributed by atoms with E-state index in [1.807, 2.05) is 6.07 Å². The number of halogens is 1. The fraction of sp³-hybridized carbons (Fsp3) is 0.421. The quantitative estimate of drug-likeness (QED) is 0.798. The predicted molar refractivity (Wildman–Crippen MR) is 91.2 cm³/mol. The molecule has 0 aliphatic carbocycles. The molecule has 2 aromatic rings. The Morgan fingerprint density at radius 1 is 1.24 bits per heavy atom. The minimum absolute atomic E-state index is 0.0290. The van der Waals surface area contributed by atoms with Crippen molar-refractivity contribution in [1.29, 1.82) is 0 Å². The number of rotatable bonds is 8. The Labute approximate surface area is 146 Å². The van der Waals surface area contributed by atoms with Gasteiger partial charge in [0, 0.05) is 19.7 Å². The van der Waals surface area contributed by atoms with Gasteiger partial charge in [-0.1, -0.05) is 12.1 Å². The molecule has 0 radical (unpaired) electrons. The lowest BCUT2D eigenvalue weighted by molar-refractivity contribution is -0.131. The summed E-state index contributed by atoms with van der Waals surface area (Å²) in [7, 11) is 0. The molecule has 0 unspecified atom stereocenters. The van der Waals surface area contributed by atoms with E-state index in [0.29, 0.717) is 19.6 Å². The maximum absolute atomic E-state index is 13.1. The lowest BCUT2D eigenvalue weighted by Crippen LogP contribution is -2.39. The number of hydrogen-bond acceptors (Lipinski definition) is 4. The molecule has 0 spiro atoms. The molecule has 5 nitrogen and oxygen atoms in total. The van der Waals surface area contributed by atoms with Gasteiger partial charge >= 0.3 is 0 Å². The second-order valence-electron chi connectivity index (χ2n) is 6.22. The third-order valence-electron chi connectivity index (χ3n) is 4.24. The van der Waals surface area contributed by atoms with Gasteiger partial charge in [-0.15, -0.1) is 0 Å². The molecular formula is C19H23FN2O3. The molecule has 2 heterocycles. The summed E-state index contributed by atoms with van der Waals surface area (Å²) in [6.45, 7) is 2.50. The largest absolute Gasteiger partial charge is 0.467 e. The van der Waals surface area contributed by atoms with E-state index in [1.165, 1.54) is 12.1 Å². The van der Waals surface area contributed by atoms with E-state index in [-0.39, 0.29) is 24.4 Å². The summed E-state index contributed by atoms with van der Waals surface area (Å²) in [5.41, 5.74) is 0.875. The normalized spacial score (nSPS) is 16.9. The van der Waals surface area contributed by atoms with Crippen molar-refractivity contribution < 1.29 is 18.3 Å². The molecule has 1 aliphatic rings. The maximum Gasteiger partial charge on any atom is 0.237 e. The Balaban J connectivity index is 1.58. The van der Waals surface area contributed by atoms with Crippen molar-refractivity contribution in [3.63, 3.8) is 0 Å². The standard InChI is InChI=1S/C19H23FN2O3/c20-16-7-5-15(6-8-16)13-22(14-18-4-2-10-25-18)19(23)12-21-11-17-3-1-9-24-17/h2,4-8,10,17,21H,1,3,9,11-14H2/t17-/m0/s1. The predicted octanol–water partition coefficient (Wildman–Crippen LogP) is 2.72. The second-order valence-corrected chi connectivity index (χ2v) is 6.22. The highest BCUT2D eigenvalue weighted by Gasteiger charge is 2.18. The lowest BCUT2D eigenvalue weighted by atomic mass is 10.2. The minimum atomic E-state index is -0.286. The number of hydrogen-bond donors (Lipinski definition) is 1. The number of ether oxygens (including phenoxy) is 1. The van der Waals surface area contributed by atoms with Crippen LogP contribution in [0.2, 0.25) is 0 Å². The Kier molecular flexibility index (Phi) is 6.19. The van der Waals surface area contributed by atoms with Crippen molar-refractivity contribution in [3.05, 3.63) is 59.8 Å². The van der Waals surface area contributed by atoms with Crippen LogP contribution in [0.3, 0.4) is 0 Å². The fourth-order valence-electron chi connectivity index (χ4n) is 2.89. The number of carbonyl (C=O) groups is 1. The average molecular weight is 346 g/mol. The first-order valence-corrected chi connectivity index (χ1v) is 8.57. The Bertz CT molecular complexity index is 652. The zero-order chi connectivity index (χ0) is 17.5. The van der Waals surface area contributed by atoms with Crippen LogP contribution in [0.25, 0.3) is 0 Å². The van der Waals surface area contributed by atoms with Gasteiger partial charge in [0.05, 0.1) is 25.5 Å². The van der Waals surface area contributed by atoms with Crippen molar-refractivity contribution in [2.24, 2.45) is 0 Å². The highest BCUT2D eigenvalue weighted by atomic mass is 19.1. The molecule has 1 aromatic heterocycles. The van der Waals surface area contributed by atoms with E-state index in [1.54, 1.807) is 29.4 Å². The molecule has 1 amide bonds. The highest BCUT2D eigenvalue weighted by Crippen LogP contribution is 2.13. The first-order valence-electron chi connectivity index (χ1n) is 8.57. The van der Waals surface area contributed by atoms with Crippen LogP contribution in [0, 0.1) is 5.82 Å². The Morgan fingerprint density at radius 3 is 2.76 bits per heavy atom. The molecule has 134 valence electrons. The molecule has 3 rings (SSSR count). The van der Waals surface area contributed by atoms with Crippen LogP contribution < -0.4 is 5.32 Å². The Hall–Kier alpha value is -2.18. The molecule has 1 atom stereocenters. The summed E-state index contributed by atoms with van der Waals surface area (Å²) < 4.78 is 24.0. The van der Waals surface area contributed by atoms with E-state index in [4.69, 9.17) is 9.15 Å². The number of carbonyl (C=O) groups excluding carboxylic acids is 1. The van der Waals surface area contributed by atoms with Crippen LogP contribution in [-0.4, -0.2) is 36.6 Å². The zero-order valence-corrected chi connectivity index (χ0v) is 14.1. The molecule has 0 saturated carbocycles. The van der Waals surface area contributed by atoms with E-state index in [9.17, 15) is 9.18 Å². The van der Waals surface area contributed by atoms with E-state index >= 15 is 0 Å². The number of benzene rings is 1. The summed E-state index contributed by atoms with van der Waals surface area (Å²) in [4.78, 5) is 14.3. The number of amides is 1. The molecule has 1 saturated heterocycles. The lowest BCUT2D eigenvalue weighted by Gasteiger charge is -2.22. The third kappa shape index (κ3) is 5.41. The highest BCUT2D eigenvalue weighted by molar-refractivity contribution is 5.78. The van der Waals surface area contributed by atoms with Crippen molar-refractivity contribution in [3.8, 4) is 0 Å². The smallest absolute Gasteiger partial charge is 0.237 e. The maximum atomic E-state index is 13.1. The molecule has 25 heavy (non-hydrogen) atoms. The van der Waals surface area contributed by atoms with Crippen molar-refractivity contribution in [1.82, 2.24) is 10.2 Å². The van der Waals surface area contributed by atoms with E-state index in [2.05, 4.69) is 5.32 Å². The van der Waals surface area contributed by atoms with Crippen LogP contribution in [0.5, 0.6) is 0 Å². The Morgan fingerprint density at radius 2 is 2.08 bits per heavy atom. The summed E-state index contributed by atoms with van der Waals surface area (Å²) in [6.07, 6.45) is 3.90. The number of nitrogens with one attached hydrogen (secondary N) is 1. The van der Waals surface area contributed by atoms with Crippen molar-refractivity contribution in [2.45, 2.75) is 32.0 Å². The SMILES string of the molecule is O=C(CNC[C@@H]1CCCO1)N(Cc1ccc(F)cc1)Cc1ccco1. The summed E-state index contributed by atoms with van der Waals surface area (Å²) in [5, 5.41) is 3.18. The van der Waals surface area contributed by atoms with Gasteiger partial charge in [-0.05, 0) is 42.7 Å². The van der Waals surface area contributed by atoms with Crippen LogP contribution in [0.4, 0.5) is 4.39 Å². The van der Waals surface area contributed by atoms with Gasteiger partial charge in [-0.2, -0.15) is 0 Å². The molecule has 0 bridgehead atoms. The van der Waals surface area contributed by atoms with Crippen molar-refractivity contribution >= 4 is 5.91 Å². The fourth-order valence-corrected chi connectivity index (χ4v) is 2.89. The van der Waals surface area contributed by atoms with E-state index < -0.39 is 0 Å². The van der Waals surface area contributed by atoms with E-state index in [0.717, 1.165) is 30.8 Å². The third-order valence-corrected chi connectivity index (χ3v) is 4.24. The van der Waals surface area contributed by atoms with Crippen LogP contribution in [0.15, 0.2) is 47.1 Å². The monoisotopic (exact) mass is 346 g/mol. The zero-order valence-electron chi connectivity index (χ0n) is 14.1. The van der Waals surface area contributed by atoms with Gasteiger partial charge in [0.15, 0.2) is 0 Å². The van der Waals surface area contributed by atoms with Crippen LogP contribution >= 0.6 is 0 Å². The molecule has 1 N–H and O–H groups in total. The molecule has 1 aromatic carbocycles. The topological polar surface area (TPSA) is 54.7 Å².